The highest BCUT2D eigenvalue weighted by Gasteiger charge is 2.51. The summed E-state index contributed by atoms with van der Waals surface area (Å²) in [6.45, 7) is 5.19. The molecule has 0 aromatic heterocycles. The standard InChI is InChI=1S/C17H21N3O6/c1-17(2,3)26-16(22)19-9-8-18-12(14(19)20(23)24)10-25-13-7-5-4-6-11(13)15(18)21/h4-7,12,14H,8-10H2,1-3H3. The lowest BCUT2D eigenvalue weighted by molar-refractivity contribution is -0.557. The van der Waals surface area contributed by atoms with Gasteiger partial charge < -0.3 is 14.4 Å². The van der Waals surface area contributed by atoms with Crippen molar-refractivity contribution in [2.45, 2.75) is 38.6 Å². The molecule has 3 rings (SSSR count). The molecule has 0 bridgehead atoms. The van der Waals surface area contributed by atoms with E-state index in [2.05, 4.69) is 0 Å². The minimum atomic E-state index is -1.43. The summed E-state index contributed by atoms with van der Waals surface area (Å²) in [6.07, 6.45) is -2.20. The van der Waals surface area contributed by atoms with Gasteiger partial charge in [0.25, 0.3) is 5.91 Å². The third-order valence-electron chi connectivity index (χ3n) is 4.28. The van der Waals surface area contributed by atoms with Gasteiger partial charge in [-0.2, -0.15) is 0 Å². The normalized spacial score (nSPS) is 22.7. The molecule has 9 nitrogen and oxygen atoms in total. The van der Waals surface area contributed by atoms with Crippen LogP contribution in [0.3, 0.4) is 0 Å². The largest absolute Gasteiger partial charge is 0.490 e. The van der Waals surface area contributed by atoms with Crippen LogP contribution in [-0.2, 0) is 4.74 Å². The Balaban J connectivity index is 1.91. The van der Waals surface area contributed by atoms with Gasteiger partial charge in [0.05, 0.1) is 5.56 Å². The summed E-state index contributed by atoms with van der Waals surface area (Å²) < 4.78 is 10.9. The van der Waals surface area contributed by atoms with E-state index in [-0.39, 0.29) is 25.6 Å². The van der Waals surface area contributed by atoms with Crippen LogP contribution in [0.2, 0.25) is 0 Å². The van der Waals surface area contributed by atoms with E-state index in [4.69, 9.17) is 9.47 Å². The van der Waals surface area contributed by atoms with E-state index in [0.717, 1.165) is 4.90 Å². The molecular weight excluding hydrogens is 342 g/mol. The number of piperazine rings is 1. The number of fused-ring (bicyclic) bond motifs is 2. The van der Waals surface area contributed by atoms with Gasteiger partial charge in [-0.3, -0.25) is 14.9 Å². The van der Waals surface area contributed by atoms with E-state index < -0.39 is 28.8 Å². The van der Waals surface area contributed by atoms with E-state index in [0.29, 0.717) is 11.3 Å². The molecule has 1 fully saturated rings. The fraction of sp³-hybridized carbons (Fsp3) is 0.529. The van der Waals surface area contributed by atoms with Crippen LogP contribution in [0.25, 0.3) is 0 Å². The second-order valence-electron chi connectivity index (χ2n) is 7.25. The summed E-state index contributed by atoms with van der Waals surface area (Å²) in [5.41, 5.74) is -0.413. The molecule has 1 aromatic carbocycles. The molecule has 1 aromatic rings. The zero-order valence-corrected chi connectivity index (χ0v) is 14.9. The molecule has 0 N–H and O–H groups in total. The van der Waals surface area contributed by atoms with Crippen molar-refractivity contribution in [1.29, 1.82) is 0 Å². The van der Waals surface area contributed by atoms with Crippen LogP contribution in [0.4, 0.5) is 4.79 Å². The summed E-state index contributed by atoms with van der Waals surface area (Å²) in [4.78, 5) is 38.9. The third kappa shape index (κ3) is 3.29. The Morgan fingerprint density at radius 2 is 2.00 bits per heavy atom. The number of carbonyl (C=O) groups is 2. The van der Waals surface area contributed by atoms with Crippen LogP contribution < -0.4 is 4.74 Å². The Morgan fingerprint density at radius 1 is 1.31 bits per heavy atom. The molecule has 2 aliphatic rings. The van der Waals surface area contributed by atoms with Crippen molar-refractivity contribution in [3.8, 4) is 5.75 Å². The number of benzene rings is 1. The van der Waals surface area contributed by atoms with Crippen LogP contribution >= 0.6 is 0 Å². The molecule has 0 spiro atoms. The van der Waals surface area contributed by atoms with Crippen molar-refractivity contribution in [2.24, 2.45) is 0 Å². The average Bonchev–Trinajstić information content (AvgIpc) is 2.70. The Bertz CT molecular complexity index is 744. The predicted molar refractivity (Wildman–Crippen MR) is 90.5 cm³/mol. The lowest BCUT2D eigenvalue weighted by Crippen LogP contribution is -2.66. The molecule has 0 saturated carbocycles. The number of para-hydroxylation sites is 1. The van der Waals surface area contributed by atoms with Crippen molar-refractivity contribution in [3.63, 3.8) is 0 Å². The first kappa shape index (κ1) is 18.0. The molecule has 2 atom stereocenters. The van der Waals surface area contributed by atoms with Gasteiger partial charge in [-0.1, -0.05) is 12.1 Å². The van der Waals surface area contributed by atoms with Crippen LogP contribution in [0, 0.1) is 10.1 Å². The number of ether oxygens (including phenoxy) is 2. The zero-order chi connectivity index (χ0) is 19.1. The molecule has 2 unspecified atom stereocenters. The van der Waals surface area contributed by atoms with E-state index >= 15 is 0 Å². The molecule has 26 heavy (non-hydrogen) atoms. The molecule has 2 amide bonds. The molecule has 2 heterocycles. The Morgan fingerprint density at radius 3 is 2.65 bits per heavy atom. The van der Waals surface area contributed by atoms with E-state index in [1.54, 1.807) is 45.0 Å². The van der Waals surface area contributed by atoms with Crippen LogP contribution in [-0.4, -0.2) is 64.2 Å². The fourth-order valence-corrected chi connectivity index (χ4v) is 3.18. The average molecular weight is 363 g/mol. The minimum Gasteiger partial charge on any atom is -0.490 e. The molecule has 2 aliphatic heterocycles. The quantitative estimate of drug-likeness (QED) is 0.556. The number of carbonyl (C=O) groups excluding carboxylic acids is 2. The summed E-state index contributed by atoms with van der Waals surface area (Å²) >= 11 is 0. The van der Waals surface area contributed by atoms with Crippen molar-refractivity contribution >= 4 is 12.0 Å². The van der Waals surface area contributed by atoms with Crippen LogP contribution in [0.15, 0.2) is 24.3 Å². The maximum absolute atomic E-state index is 12.8. The van der Waals surface area contributed by atoms with Gasteiger partial charge in [-0.05, 0) is 32.9 Å². The zero-order valence-electron chi connectivity index (χ0n) is 14.9. The highest BCUT2D eigenvalue weighted by atomic mass is 16.6. The van der Waals surface area contributed by atoms with Gasteiger partial charge in [0, 0.05) is 18.0 Å². The van der Waals surface area contributed by atoms with E-state index in [1.807, 2.05) is 0 Å². The highest BCUT2D eigenvalue weighted by molar-refractivity contribution is 5.97. The molecule has 0 radical (unpaired) electrons. The second kappa shape index (κ2) is 6.47. The topological polar surface area (TPSA) is 102 Å². The molecule has 140 valence electrons. The van der Waals surface area contributed by atoms with E-state index in [9.17, 15) is 19.7 Å². The number of nitro groups is 1. The lowest BCUT2D eigenvalue weighted by Gasteiger charge is -2.41. The molecule has 0 aliphatic carbocycles. The van der Waals surface area contributed by atoms with Crippen molar-refractivity contribution < 1.29 is 24.0 Å². The van der Waals surface area contributed by atoms with Gasteiger partial charge in [0.2, 0.25) is 0 Å². The van der Waals surface area contributed by atoms with E-state index in [1.165, 1.54) is 4.90 Å². The van der Waals surface area contributed by atoms with Crippen LogP contribution in [0.1, 0.15) is 31.1 Å². The maximum atomic E-state index is 12.8. The Labute approximate surface area is 150 Å². The van der Waals surface area contributed by atoms with Crippen molar-refractivity contribution in [1.82, 2.24) is 9.80 Å². The van der Waals surface area contributed by atoms with Crippen LogP contribution in [0.5, 0.6) is 5.75 Å². The summed E-state index contributed by atoms with van der Waals surface area (Å²) in [7, 11) is 0. The summed E-state index contributed by atoms with van der Waals surface area (Å²) in [6, 6.07) is 5.82. The number of hydrogen-bond acceptors (Lipinski definition) is 6. The Kier molecular flexibility index (Phi) is 4.47. The fourth-order valence-electron chi connectivity index (χ4n) is 3.18. The van der Waals surface area contributed by atoms with Gasteiger partial charge in [0.1, 0.15) is 18.0 Å². The number of hydrogen-bond donors (Lipinski definition) is 0. The first-order valence-corrected chi connectivity index (χ1v) is 8.35. The monoisotopic (exact) mass is 363 g/mol. The minimum absolute atomic E-state index is 0.0188. The van der Waals surface area contributed by atoms with Crippen molar-refractivity contribution in [3.05, 3.63) is 39.9 Å². The smallest absolute Gasteiger partial charge is 0.415 e. The molecule has 9 heteroatoms. The molecule has 1 saturated heterocycles. The number of amides is 2. The number of nitrogens with zero attached hydrogens (tertiary/aromatic N) is 3. The lowest BCUT2D eigenvalue weighted by atomic mass is 10.1. The summed E-state index contributed by atoms with van der Waals surface area (Å²) in [5, 5.41) is 11.7. The first-order chi connectivity index (χ1) is 12.2. The van der Waals surface area contributed by atoms with Gasteiger partial charge in [-0.15, -0.1) is 0 Å². The summed E-state index contributed by atoms with van der Waals surface area (Å²) in [5.74, 6) is 0.0524. The van der Waals surface area contributed by atoms with Gasteiger partial charge in [0.15, 0.2) is 6.04 Å². The van der Waals surface area contributed by atoms with Crippen molar-refractivity contribution in [2.75, 3.05) is 19.7 Å². The second-order valence-corrected chi connectivity index (χ2v) is 7.25. The first-order valence-electron chi connectivity index (χ1n) is 8.35. The highest BCUT2D eigenvalue weighted by Crippen LogP contribution is 2.29. The molecular formula is C17H21N3O6. The SMILES string of the molecule is CC(C)(C)OC(=O)N1CCN2C(=O)c3ccccc3OCC2C1[N+](=O)[O-]. The Hall–Kier alpha value is -2.84. The van der Waals surface area contributed by atoms with Gasteiger partial charge in [-0.25, -0.2) is 9.69 Å². The predicted octanol–water partition coefficient (Wildman–Crippen LogP) is 1.74. The third-order valence-corrected chi connectivity index (χ3v) is 4.28. The number of rotatable bonds is 1. The maximum Gasteiger partial charge on any atom is 0.415 e. The van der Waals surface area contributed by atoms with Gasteiger partial charge >= 0.3 is 12.3 Å².